The Kier molecular flexibility index (Phi) is 2.99. The predicted molar refractivity (Wildman–Crippen MR) is 60.5 cm³/mol. The Labute approximate surface area is 88.9 Å². The van der Waals surface area contributed by atoms with E-state index in [2.05, 4.69) is 9.38 Å². The van der Waals surface area contributed by atoms with Gasteiger partial charge >= 0.3 is 0 Å². The van der Waals surface area contributed by atoms with Crippen LogP contribution in [0.3, 0.4) is 0 Å². The van der Waals surface area contributed by atoms with Crippen molar-refractivity contribution in [2.24, 2.45) is 11.5 Å². The van der Waals surface area contributed by atoms with Gasteiger partial charge in [0.15, 0.2) is 0 Å². The second kappa shape index (κ2) is 4.42. The van der Waals surface area contributed by atoms with Gasteiger partial charge in [0, 0.05) is 19.2 Å². The average Bonchev–Trinajstić information content (AvgIpc) is 2.65. The SMILES string of the molecule is NCCCc1nc(CN)c2ccccn12. The Bertz CT molecular complexity index is 447. The minimum atomic E-state index is 0.482. The topological polar surface area (TPSA) is 69.3 Å². The van der Waals surface area contributed by atoms with Gasteiger partial charge in [0.1, 0.15) is 5.82 Å². The molecule has 0 aliphatic rings. The summed E-state index contributed by atoms with van der Waals surface area (Å²) in [4.78, 5) is 4.53. The van der Waals surface area contributed by atoms with Crippen molar-refractivity contribution in [2.45, 2.75) is 19.4 Å². The number of rotatable bonds is 4. The van der Waals surface area contributed by atoms with Crippen molar-refractivity contribution in [1.82, 2.24) is 9.38 Å². The molecule has 0 saturated heterocycles. The fraction of sp³-hybridized carbons (Fsp3) is 0.364. The molecule has 2 aromatic rings. The van der Waals surface area contributed by atoms with Crippen LogP contribution in [0.1, 0.15) is 17.9 Å². The van der Waals surface area contributed by atoms with Crippen LogP contribution in [0.5, 0.6) is 0 Å². The molecule has 15 heavy (non-hydrogen) atoms. The molecular weight excluding hydrogens is 188 g/mol. The second-order valence-electron chi connectivity index (χ2n) is 3.53. The van der Waals surface area contributed by atoms with Crippen LogP contribution in [0.4, 0.5) is 0 Å². The quantitative estimate of drug-likeness (QED) is 0.769. The predicted octanol–water partition coefficient (Wildman–Crippen LogP) is 0.684. The number of hydrogen-bond donors (Lipinski definition) is 2. The zero-order valence-electron chi connectivity index (χ0n) is 8.69. The third-order valence-corrected chi connectivity index (χ3v) is 2.50. The number of fused-ring (bicyclic) bond motifs is 1. The highest BCUT2D eigenvalue weighted by molar-refractivity contribution is 5.53. The molecule has 4 heteroatoms. The minimum Gasteiger partial charge on any atom is -0.330 e. The normalized spacial score (nSPS) is 11.1. The molecule has 4 N–H and O–H groups in total. The van der Waals surface area contributed by atoms with E-state index in [9.17, 15) is 0 Å². The summed E-state index contributed by atoms with van der Waals surface area (Å²) < 4.78 is 2.10. The molecule has 0 unspecified atom stereocenters. The highest BCUT2D eigenvalue weighted by Gasteiger charge is 2.07. The molecule has 80 valence electrons. The molecule has 0 spiro atoms. The van der Waals surface area contributed by atoms with Crippen molar-refractivity contribution in [3.05, 3.63) is 35.9 Å². The monoisotopic (exact) mass is 204 g/mol. The van der Waals surface area contributed by atoms with Crippen LogP contribution in [0.15, 0.2) is 24.4 Å². The first-order valence-corrected chi connectivity index (χ1v) is 5.21. The minimum absolute atomic E-state index is 0.482. The Morgan fingerprint density at radius 1 is 1.27 bits per heavy atom. The Balaban J connectivity index is 2.45. The molecule has 0 radical (unpaired) electrons. The van der Waals surface area contributed by atoms with Crippen molar-refractivity contribution in [2.75, 3.05) is 6.54 Å². The lowest BCUT2D eigenvalue weighted by Crippen LogP contribution is -2.03. The molecule has 2 heterocycles. The third kappa shape index (κ3) is 1.86. The van der Waals surface area contributed by atoms with E-state index in [1.165, 1.54) is 0 Å². The molecule has 0 aliphatic heterocycles. The van der Waals surface area contributed by atoms with Gasteiger partial charge < -0.3 is 15.9 Å². The van der Waals surface area contributed by atoms with E-state index in [4.69, 9.17) is 11.5 Å². The van der Waals surface area contributed by atoms with Crippen LogP contribution < -0.4 is 11.5 Å². The lowest BCUT2D eigenvalue weighted by molar-refractivity contribution is 0.774. The van der Waals surface area contributed by atoms with Gasteiger partial charge in [-0.1, -0.05) is 6.07 Å². The van der Waals surface area contributed by atoms with Gasteiger partial charge in [0.2, 0.25) is 0 Å². The van der Waals surface area contributed by atoms with Crippen LogP contribution in [-0.2, 0) is 13.0 Å². The summed E-state index contributed by atoms with van der Waals surface area (Å²) in [6.07, 6.45) is 3.88. The standard InChI is InChI=1S/C11H16N4/c12-6-3-5-11-14-9(8-13)10-4-1-2-7-15(10)11/h1-2,4,7H,3,5-6,8,12-13H2. The van der Waals surface area contributed by atoms with Gasteiger partial charge in [-0.15, -0.1) is 0 Å². The maximum atomic E-state index is 5.66. The Hall–Kier alpha value is -1.39. The molecule has 2 aromatic heterocycles. The molecule has 0 aliphatic carbocycles. The highest BCUT2D eigenvalue weighted by Crippen LogP contribution is 2.13. The lowest BCUT2D eigenvalue weighted by atomic mass is 10.3. The molecule has 0 atom stereocenters. The van der Waals surface area contributed by atoms with Crippen LogP contribution >= 0.6 is 0 Å². The summed E-state index contributed by atoms with van der Waals surface area (Å²) in [6, 6.07) is 6.05. The first-order chi connectivity index (χ1) is 7.36. The number of aromatic nitrogens is 2. The van der Waals surface area contributed by atoms with E-state index in [0.717, 1.165) is 29.9 Å². The number of aryl methyl sites for hydroxylation is 1. The van der Waals surface area contributed by atoms with Crippen LogP contribution in [0, 0.1) is 0 Å². The van der Waals surface area contributed by atoms with E-state index in [0.29, 0.717) is 13.1 Å². The molecule has 0 bridgehead atoms. The summed E-state index contributed by atoms with van der Waals surface area (Å²) in [6.45, 7) is 1.18. The van der Waals surface area contributed by atoms with Gasteiger partial charge in [-0.2, -0.15) is 0 Å². The molecule has 2 rings (SSSR count). The van der Waals surface area contributed by atoms with E-state index >= 15 is 0 Å². The van der Waals surface area contributed by atoms with Gasteiger partial charge in [-0.3, -0.25) is 0 Å². The highest BCUT2D eigenvalue weighted by atomic mass is 15.0. The fourth-order valence-electron chi connectivity index (χ4n) is 1.76. The summed E-state index contributed by atoms with van der Waals surface area (Å²) in [7, 11) is 0. The first kappa shape index (κ1) is 10.1. The first-order valence-electron chi connectivity index (χ1n) is 5.21. The zero-order chi connectivity index (χ0) is 10.7. The maximum absolute atomic E-state index is 5.66. The second-order valence-corrected chi connectivity index (χ2v) is 3.53. The smallest absolute Gasteiger partial charge is 0.113 e. The van der Waals surface area contributed by atoms with Crippen molar-refractivity contribution < 1.29 is 0 Å². The average molecular weight is 204 g/mol. The molecule has 0 aromatic carbocycles. The van der Waals surface area contributed by atoms with Crippen molar-refractivity contribution in [1.29, 1.82) is 0 Å². The third-order valence-electron chi connectivity index (χ3n) is 2.50. The number of hydrogen-bond acceptors (Lipinski definition) is 3. The van der Waals surface area contributed by atoms with Gasteiger partial charge in [-0.25, -0.2) is 4.98 Å². The van der Waals surface area contributed by atoms with Crippen molar-refractivity contribution in [3.63, 3.8) is 0 Å². The van der Waals surface area contributed by atoms with Crippen molar-refractivity contribution in [3.8, 4) is 0 Å². The number of nitrogens with two attached hydrogens (primary N) is 2. The Morgan fingerprint density at radius 3 is 2.87 bits per heavy atom. The summed E-state index contributed by atoms with van der Waals surface area (Å²) in [5.74, 6) is 1.05. The van der Waals surface area contributed by atoms with E-state index in [1.807, 2.05) is 24.4 Å². The molecule has 4 nitrogen and oxygen atoms in total. The summed E-state index contributed by atoms with van der Waals surface area (Å²) in [5, 5.41) is 0. The van der Waals surface area contributed by atoms with E-state index in [-0.39, 0.29) is 0 Å². The Morgan fingerprint density at radius 2 is 2.13 bits per heavy atom. The van der Waals surface area contributed by atoms with Gasteiger partial charge in [0.05, 0.1) is 11.2 Å². The van der Waals surface area contributed by atoms with Crippen LogP contribution in [0.2, 0.25) is 0 Å². The molecular formula is C11H16N4. The largest absolute Gasteiger partial charge is 0.330 e. The zero-order valence-corrected chi connectivity index (χ0v) is 8.69. The maximum Gasteiger partial charge on any atom is 0.113 e. The van der Waals surface area contributed by atoms with Gasteiger partial charge in [0.25, 0.3) is 0 Å². The van der Waals surface area contributed by atoms with E-state index in [1.54, 1.807) is 0 Å². The number of pyridine rings is 1. The number of nitrogens with zero attached hydrogens (tertiary/aromatic N) is 2. The van der Waals surface area contributed by atoms with Crippen LogP contribution in [-0.4, -0.2) is 15.9 Å². The van der Waals surface area contributed by atoms with E-state index < -0.39 is 0 Å². The number of imidazole rings is 1. The summed E-state index contributed by atoms with van der Waals surface area (Å²) >= 11 is 0. The lowest BCUT2D eigenvalue weighted by Gasteiger charge is -1.98. The fourth-order valence-corrected chi connectivity index (χ4v) is 1.76. The molecule has 0 saturated carbocycles. The summed E-state index contributed by atoms with van der Waals surface area (Å²) in [5.41, 5.74) is 13.2. The van der Waals surface area contributed by atoms with Crippen LogP contribution in [0.25, 0.3) is 5.52 Å². The van der Waals surface area contributed by atoms with Gasteiger partial charge in [-0.05, 0) is 25.1 Å². The van der Waals surface area contributed by atoms with Crippen molar-refractivity contribution >= 4 is 5.52 Å². The molecule has 0 fully saturated rings. The molecule has 0 amide bonds.